The molecule has 2 heterocycles. The molecule has 1 fully saturated rings. The molecule has 1 aliphatic rings. The van der Waals surface area contributed by atoms with Crippen molar-refractivity contribution in [3.05, 3.63) is 81.0 Å². The zero-order valence-corrected chi connectivity index (χ0v) is 19.4. The second-order valence-electron chi connectivity index (χ2n) is 9.13. The zero-order chi connectivity index (χ0) is 23.7. The minimum atomic E-state index is -0.481. The Hall–Kier alpha value is -3.61. The van der Waals surface area contributed by atoms with Crippen LogP contribution in [0.25, 0.3) is 22.1 Å². The molecule has 1 amide bonds. The molecule has 0 atom stereocenters. The van der Waals surface area contributed by atoms with Crippen LogP contribution in [0.5, 0.6) is 0 Å². The minimum absolute atomic E-state index is 0.113. The highest BCUT2D eigenvalue weighted by Crippen LogP contribution is 2.26. The molecular weight excluding hydrogens is 430 g/mol. The first-order valence-electron chi connectivity index (χ1n) is 12.0. The summed E-state index contributed by atoms with van der Waals surface area (Å²) in [5, 5.41) is 0.662. The van der Waals surface area contributed by atoms with Gasteiger partial charge in [-0.2, -0.15) is 0 Å². The number of nitrogens with zero attached hydrogens (tertiary/aromatic N) is 3. The number of rotatable bonds is 6. The molecule has 0 aliphatic heterocycles. The van der Waals surface area contributed by atoms with Crippen LogP contribution in [0.1, 0.15) is 37.7 Å². The first-order chi connectivity index (χ1) is 16.5. The third-order valence-corrected chi connectivity index (χ3v) is 7.02. The van der Waals surface area contributed by atoms with Crippen LogP contribution >= 0.6 is 0 Å². The van der Waals surface area contributed by atoms with Gasteiger partial charge in [-0.15, -0.1) is 0 Å². The first kappa shape index (κ1) is 22.2. The van der Waals surface area contributed by atoms with Crippen LogP contribution in [-0.4, -0.2) is 33.0 Å². The summed E-state index contributed by atoms with van der Waals surface area (Å²) in [4.78, 5) is 42.0. The minimum Gasteiger partial charge on any atom is -0.449 e. The number of aryl methyl sites for hydroxylation is 1. The van der Waals surface area contributed by atoms with Crippen LogP contribution in [-0.2, 0) is 24.3 Å². The van der Waals surface area contributed by atoms with E-state index in [0.29, 0.717) is 22.9 Å². The second-order valence-corrected chi connectivity index (χ2v) is 9.13. The lowest BCUT2D eigenvalue weighted by Gasteiger charge is -2.31. The Bertz CT molecular complexity index is 1440. The fourth-order valence-corrected chi connectivity index (χ4v) is 5.04. The molecule has 176 valence electrons. The van der Waals surface area contributed by atoms with E-state index in [1.54, 1.807) is 11.0 Å². The molecule has 2 aromatic carbocycles. The normalized spacial score (nSPS) is 14.6. The Morgan fingerprint density at radius 1 is 0.971 bits per heavy atom. The summed E-state index contributed by atoms with van der Waals surface area (Å²) in [5.74, 6) is -0.131. The highest BCUT2D eigenvalue weighted by atomic mass is 16.3. The third kappa shape index (κ3) is 4.06. The number of hydrogen-bond acceptors (Lipinski definition) is 4. The number of benzene rings is 2. The molecule has 4 aromatic rings. The number of aromatic nitrogens is 2. The molecule has 2 aromatic heterocycles. The van der Waals surface area contributed by atoms with E-state index < -0.39 is 11.2 Å². The van der Waals surface area contributed by atoms with E-state index in [0.717, 1.165) is 31.2 Å². The van der Waals surface area contributed by atoms with Gasteiger partial charge in [-0.3, -0.25) is 18.7 Å². The van der Waals surface area contributed by atoms with Gasteiger partial charge in [0.1, 0.15) is 17.6 Å². The number of likely N-dealkylation sites (N-methyl/N-ethyl adjacent to an activating group) is 1. The van der Waals surface area contributed by atoms with Gasteiger partial charge in [0, 0.05) is 25.0 Å². The number of hydrogen-bond donors (Lipinski definition) is 0. The number of fused-ring (bicyclic) bond motifs is 3. The highest BCUT2D eigenvalue weighted by Gasteiger charge is 2.25. The molecule has 34 heavy (non-hydrogen) atoms. The van der Waals surface area contributed by atoms with Crippen molar-refractivity contribution in [1.29, 1.82) is 0 Å². The molecule has 0 saturated heterocycles. The number of carbonyl (C=O) groups excluding carboxylic acids is 1. The van der Waals surface area contributed by atoms with Crippen molar-refractivity contribution in [2.45, 2.75) is 57.7 Å². The predicted molar refractivity (Wildman–Crippen MR) is 132 cm³/mol. The second kappa shape index (κ2) is 9.33. The maximum absolute atomic E-state index is 13.6. The van der Waals surface area contributed by atoms with Gasteiger partial charge >= 0.3 is 5.69 Å². The Morgan fingerprint density at radius 2 is 1.68 bits per heavy atom. The fourth-order valence-electron chi connectivity index (χ4n) is 5.04. The van der Waals surface area contributed by atoms with Gasteiger partial charge in [0.15, 0.2) is 0 Å². The van der Waals surface area contributed by atoms with Crippen molar-refractivity contribution in [1.82, 2.24) is 14.0 Å². The fraction of sp³-hybridized carbons (Fsp3) is 0.370. The SMILES string of the molecule is CN(C(=O)Cn1c(=O)n(CCc2ccccc2)c(=O)c2oc3ccccc3c21)C1CCCCC1. The van der Waals surface area contributed by atoms with Gasteiger partial charge in [-0.25, -0.2) is 4.79 Å². The summed E-state index contributed by atoms with van der Waals surface area (Å²) < 4.78 is 8.54. The van der Waals surface area contributed by atoms with Gasteiger partial charge in [0.25, 0.3) is 5.56 Å². The van der Waals surface area contributed by atoms with E-state index in [1.807, 2.05) is 55.6 Å². The Labute approximate surface area is 197 Å². The molecule has 0 spiro atoms. The third-order valence-electron chi connectivity index (χ3n) is 7.02. The molecule has 7 heteroatoms. The molecule has 0 unspecified atom stereocenters. The lowest BCUT2D eigenvalue weighted by molar-refractivity contribution is -0.133. The summed E-state index contributed by atoms with van der Waals surface area (Å²) in [6.07, 6.45) is 5.92. The largest absolute Gasteiger partial charge is 0.449 e. The molecule has 0 N–H and O–H groups in total. The van der Waals surface area contributed by atoms with Crippen molar-refractivity contribution >= 4 is 28.0 Å². The van der Waals surface area contributed by atoms with Crippen molar-refractivity contribution < 1.29 is 9.21 Å². The van der Waals surface area contributed by atoms with Crippen LogP contribution in [0.3, 0.4) is 0 Å². The van der Waals surface area contributed by atoms with Crippen LogP contribution < -0.4 is 11.2 Å². The van der Waals surface area contributed by atoms with Gasteiger partial charge in [-0.05, 0) is 37.0 Å². The van der Waals surface area contributed by atoms with Crippen molar-refractivity contribution in [2.75, 3.05) is 7.05 Å². The Kier molecular flexibility index (Phi) is 6.09. The molecule has 5 rings (SSSR count). The monoisotopic (exact) mass is 459 g/mol. The van der Waals surface area contributed by atoms with Crippen molar-refractivity contribution in [2.24, 2.45) is 0 Å². The Morgan fingerprint density at radius 3 is 2.44 bits per heavy atom. The quantitative estimate of drug-likeness (QED) is 0.438. The number of furan rings is 1. The summed E-state index contributed by atoms with van der Waals surface area (Å²) >= 11 is 0. The summed E-state index contributed by atoms with van der Waals surface area (Å²) in [6.45, 7) is 0.0821. The average molecular weight is 460 g/mol. The van der Waals surface area contributed by atoms with Crippen molar-refractivity contribution in [3.63, 3.8) is 0 Å². The molecular formula is C27H29N3O4. The van der Waals surface area contributed by atoms with Crippen LogP contribution in [0, 0.1) is 0 Å². The van der Waals surface area contributed by atoms with Gasteiger partial charge in [-0.1, -0.05) is 61.7 Å². The summed E-state index contributed by atoms with van der Waals surface area (Å²) in [6, 6.07) is 17.2. The first-order valence-corrected chi connectivity index (χ1v) is 12.0. The van der Waals surface area contributed by atoms with Gasteiger partial charge < -0.3 is 9.32 Å². The lowest BCUT2D eigenvalue weighted by atomic mass is 9.94. The predicted octanol–water partition coefficient (Wildman–Crippen LogP) is 3.94. The topological polar surface area (TPSA) is 77.5 Å². The van der Waals surface area contributed by atoms with E-state index >= 15 is 0 Å². The van der Waals surface area contributed by atoms with E-state index in [-0.39, 0.29) is 30.6 Å². The lowest BCUT2D eigenvalue weighted by Crippen LogP contribution is -2.45. The molecule has 0 radical (unpaired) electrons. The van der Waals surface area contributed by atoms with Crippen molar-refractivity contribution in [3.8, 4) is 0 Å². The van der Waals surface area contributed by atoms with E-state index in [9.17, 15) is 14.4 Å². The van der Waals surface area contributed by atoms with Crippen LogP contribution in [0.15, 0.2) is 68.6 Å². The van der Waals surface area contributed by atoms with Crippen LogP contribution in [0.4, 0.5) is 0 Å². The number of amides is 1. The summed E-state index contributed by atoms with van der Waals surface area (Å²) in [7, 11) is 1.82. The highest BCUT2D eigenvalue weighted by molar-refractivity contribution is 6.02. The number of carbonyl (C=O) groups is 1. The smallest absolute Gasteiger partial charge is 0.332 e. The molecule has 7 nitrogen and oxygen atoms in total. The molecule has 1 saturated carbocycles. The van der Waals surface area contributed by atoms with E-state index in [2.05, 4.69) is 0 Å². The Balaban J connectivity index is 1.59. The van der Waals surface area contributed by atoms with E-state index in [1.165, 1.54) is 15.6 Å². The zero-order valence-electron chi connectivity index (χ0n) is 19.4. The average Bonchev–Trinajstić information content (AvgIpc) is 3.27. The maximum Gasteiger partial charge on any atom is 0.332 e. The standard InChI is InChI=1S/C27H29N3O4/c1-28(20-12-6-3-7-13-20)23(31)18-30-24-21-14-8-9-15-22(21)34-25(24)26(32)29(27(30)33)17-16-19-10-4-2-5-11-19/h2,4-5,8-11,14-15,20H,3,6-7,12-13,16-18H2,1H3. The molecule has 1 aliphatic carbocycles. The van der Waals surface area contributed by atoms with Gasteiger partial charge in [0.05, 0.1) is 0 Å². The maximum atomic E-state index is 13.6. The van der Waals surface area contributed by atoms with E-state index in [4.69, 9.17) is 4.42 Å². The number of para-hydroxylation sites is 1. The van der Waals surface area contributed by atoms with Crippen LogP contribution in [0.2, 0.25) is 0 Å². The molecule has 0 bridgehead atoms. The summed E-state index contributed by atoms with van der Waals surface area (Å²) in [5.41, 5.74) is 1.12. The van der Waals surface area contributed by atoms with Gasteiger partial charge in [0.2, 0.25) is 11.5 Å².